The summed E-state index contributed by atoms with van der Waals surface area (Å²) in [6, 6.07) is 0. The number of hydrogen-bond donors (Lipinski definition) is 1. The van der Waals surface area contributed by atoms with E-state index in [0.29, 0.717) is 13.0 Å². The highest BCUT2D eigenvalue weighted by molar-refractivity contribution is 5.69. The molecule has 0 bridgehead atoms. The van der Waals surface area contributed by atoms with Crippen molar-refractivity contribution in [3.63, 3.8) is 0 Å². The zero-order valence-electron chi connectivity index (χ0n) is 10.1. The Balaban J connectivity index is 2.68. The van der Waals surface area contributed by atoms with Crippen LogP contribution in [0.4, 0.5) is 0 Å². The summed E-state index contributed by atoms with van der Waals surface area (Å²) in [6.45, 7) is 8.29. The molecule has 1 heterocycles. The molecule has 0 aliphatic heterocycles. The minimum atomic E-state index is -0.787. The van der Waals surface area contributed by atoms with Gasteiger partial charge in [0.2, 0.25) is 0 Å². The topological polar surface area (TPSA) is 80.9 Å². The van der Waals surface area contributed by atoms with Crippen molar-refractivity contribution < 1.29 is 9.90 Å². The molecule has 1 atom stereocenters. The average molecular weight is 226 g/mol. The molecule has 0 spiro atoms. The fraction of sp³-hybridized carbons (Fsp3) is 0.800. The fourth-order valence-corrected chi connectivity index (χ4v) is 1.33. The van der Waals surface area contributed by atoms with Crippen LogP contribution in [0.5, 0.6) is 0 Å². The van der Waals surface area contributed by atoms with E-state index in [1.165, 1.54) is 0 Å². The van der Waals surface area contributed by atoms with Gasteiger partial charge in [0.1, 0.15) is 0 Å². The largest absolute Gasteiger partial charge is 0.481 e. The van der Waals surface area contributed by atoms with Crippen LogP contribution in [0.15, 0.2) is 0 Å². The van der Waals surface area contributed by atoms with Gasteiger partial charge in [-0.15, -0.1) is 5.10 Å². The first-order valence-electron chi connectivity index (χ1n) is 5.32. The van der Waals surface area contributed by atoms with Crippen molar-refractivity contribution in [2.75, 3.05) is 0 Å². The molecule has 0 radical (unpaired) electrons. The van der Waals surface area contributed by atoms with Gasteiger partial charge in [-0.3, -0.25) is 4.79 Å². The molecule has 16 heavy (non-hydrogen) atoms. The Morgan fingerprint density at radius 2 is 2.12 bits per heavy atom. The molecule has 0 fully saturated rings. The van der Waals surface area contributed by atoms with Crippen LogP contribution in [0.2, 0.25) is 0 Å². The molecule has 1 aromatic heterocycles. The highest BCUT2D eigenvalue weighted by Crippen LogP contribution is 2.19. The molecule has 6 heteroatoms. The van der Waals surface area contributed by atoms with Gasteiger partial charge in [-0.2, -0.15) is 0 Å². The summed E-state index contributed by atoms with van der Waals surface area (Å²) in [6.07, 6.45) is 0.531. The molecular formula is C10H18N4O2. The highest BCUT2D eigenvalue weighted by Gasteiger charge is 2.22. The molecule has 0 saturated heterocycles. The Morgan fingerprint density at radius 1 is 1.50 bits per heavy atom. The van der Waals surface area contributed by atoms with Crippen LogP contribution in [-0.4, -0.2) is 31.3 Å². The van der Waals surface area contributed by atoms with Crippen LogP contribution in [0.1, 0.15) is 39.9 Å². The molecule has 90 valence electrons. The molecule has 0 amide bonds. The lowest BCUT2D eigenvalue weighted by molar-refractivity contribution is -0.141. The van der Waals surface area contributed by atoms with E-state index in [1.54, 1.807) is 11.6 Å². The Morgan fingerprint density at radius 3 is 2.62 bits per heavy atom. The highest BCUT2D eigenvalue weighted by atomic mass is 16.4. The van der Waals surface area contributed by atoms with Gasteiger partial charge in [0.25, 0.3) is 0 Å². The number of nitrogens with zero attached hydrogens (tertiary/aromatic N) is 4. The molecule has 6 nitrogen and oxygen atoms in total. The summed E-state index contributed by atoms with van der Waals surface area (Å²) < 4.78 is 1.68. The van der Waals surface area contributed by atoms with E-state index in [1.807, 2.05) is 20.8 Å². The number of hydrogen-bond acceptors (Lipinski definition) is 4. The number of aliphatic carboxylic acids is 1. The zero-order chi connectivity index (χ0) is 12.3. The number of tetrazole rings is 1. The predicted octanol–water partition coefficient (Wildman–Crippen LogP) is 1.08. The van der Waals surface area contributed by atoms with E-state index in [2.05, 4.69) is 15.5 Å². The summed E-state index contributed by atoms with van der Waals surface area (Å²) in [5.74, 6) is -0.382. The third kappa shape index (κ3) is 3.01. The summed E-state index contributed by atoms with van der Waals surface area (Å²) in [4.78, 5) is 10.7. The maximum Gasteiger partial charge on any atom is 0.306 e. The fourth-order valence-electron chi connectivity index (χ4n) is 1.33. The molecule has 0 saturated carbocycles. The molecule has 0 aliphatic rings. The number of carboxylic acid groups (broad SMARTS) is 1. The Labute approximate surface area is 94.7 Å². The number of carbonyl (C=O) groups is 1. The maximum absolute atomic E-state index is 10.7. The Hall–Kier alpha value is -1.46. The second-order valence-corrected chi connectivity index (χ2v) is 5.00. The molecule has 1 unspecified atom stereocenters. The van der Waals surface area contributed by atoms with Gasteiger partial charge in [0.15, 0.2) is 5.82 Å². The van der Waals surface area contributed by atoms with Crippen LogP contribution < -0.4 is 0 Å². The Bertz CT molecular complexity index is 367. The molecule has 1 aromatic rings. The monoisotopic (exact) mass is 226 g/mol. The molecule has 0 aliphatic carbocycles. The number of aryl methyl sites for hydroxylation is 1. The molecular weight excluding hydrogens is 208 g/mol. The van der Waals surface area contributed by atoms with E-state index in [-0.39, 0.29) is 11.3 Å². The SMILES string of the molecule is CC(CCn1nnnc1C(C)(C)C)C(=O)O. The van der Waals surface area contributed by atoms with Gasteiger partial charge < -0.3 is 5.11 Å². The normalized spacial score (nSPS) is 13.8. The zero-order valence-corrected chi connectivity index (χ0v) is 10.1. The lowest BCUT2D eigenvalue weighted by atomic mass is 9.95. The lowest BCUT2D eigenvalue weighted by Crippen LogP contribution is -2.21. The third-order valence-electron chi connectivity index (χ3n) is 2.40. The van der Waals surface area contributed by atoms with Crippen molar-refractivity contribution >= 4 is 5.97 Å². The summed E-state index contributed by atoms with van der Waals surface area (Å²) in [5.41, 5.74) is -0.129. The molecule has 1 rings (SSSR count). The lowest BCUT2D eigenvalue weighted by Gasteiger charge is -2.17. The number of aromatic nitrogens is 4. The first-order chi connectivity index (χ1) is 7.32. The minimum Gasteiger partial charge on any atom is -0.481 e. The summed E-state index contributed by atoms with van der Waals surface area (Å²) in [7, 11) is 0. The van der Waals surface area contributed by atoms with Crippen molar-refractivity contribution in [2.45, 2.75) is 46.1 Å². The minimum absolute atomic E-state index is 0.129. The van der Waals surface area contributed by atoms with Gasteiger partial charge in [-0.1, -0.05) is 27.7 Å². The van der Waals surface area contributed by atoms with Crippen LogP contribution in [-0.2, 0) is 16.8 Å². The molecule has 1 N–H and O–H groups in total. The quantitative estimate of drug-likeness (QED) is 0.830. The second kappa shape index (κ2) is 4.59. The van der Waals surface area contributed by atoms with Crippen LogP contribution >= 0.6 is 0 Å². The van der Waals surface area contributed by atoms with E-state index in [9.17, 15) is 4.79 Å². The standard InChI is InChI=1S/C10H18N4O2/c1-7(8(15)16)5-6-14-9(10(2,3)4)11-12-13-14/h7H,5-6H2,1-4H3,(H,15,16). The van der Waals surface area contributed by atoms with Crippen molar-refractivity contribution in [2.24, 2.45) is 5.92 Å². The first kappa shape index (κ1) is 12.6. The van der Waals surface area contributed by atoms with Gasteiger partial charge >= 0.3 is 5.97 Å². The van der Waals surface area contributed by atoms with Crippen LogP contribution in [0.25, 0.3) is 0 Å². The van der Waals surface area contributed by atoms with E-state index in [0.717, 1.165) is 5.82 Å². The van der Waals surface area contributed by atoms with E-state index < -0.39 is 5.97 Å². The predicted molar refractivity (Wildman–Crippen MR) is 57.9 cm³/mol. The number of rotatable bonds is 4. The van der Waals surface area contributed by atoms with Crippen molar-refractivity contribution in [3.8, 4) is 0 Å². The van der Waals surface area contributed by atoms with Crippen molar-refractivity contribution in [3.05, 3.63) is 5.82 Å². The van der Waals surface area contributed by atoms with Gasteiger partial charge in [-0.05, 0) is 16.8 Å². The summed E-state index contributed by atoms with van der Waals surface area (Å²) >= 11 is 0. The third-order valence-corrected chi connectivity index (χ3v) is 2.40. The van der Waals surface area contributed by atoms with Crippen LogP contribution in [0.3, 0.4) is 0 Å². The smallest absolute Gasteiger partial charge is 0.306 e. The van der Waals surface area contributed by atoms with E-state index in [4.69, 9.17) is 5.11 Å². The Kier molecular flexibility index (Phi) is 3.62. The van der Waals surface area contributed by atoms with E-state index >= 15 is 0 Å². The number of carboxylic acids is 1. The molecule has 0 aromatic carbocycles. The van der Waals surface area contributed by atoms with Crippen LogP contribution in [0, 0.1) is 5.92 Å². The maximum atomic E-state index is 10.7. The second-order valence-electron chi connectivity index (χ2n) is 5.00. The van der Waals surface area contributed by atoms with Gasteiger partial charge in [-0.25, -0.2) is 4.68 Å². The average Bonchev–Trinajstić information content (AvgIpc) is 2.60. The van der Waals surface area contributed by atoms with Gasteiger partial charge in [0, 0.05) is 12.0 Å². The summed E-state index contributed by atoms with van der Waals surface area (Å²) in [5, 5.41) is 20.2. The van der Waals surface area contributed by atoms with Crippen molar-refractivity contribution in [1.82, 2.24) is 20.2 Å². The first-order valence-corrected chi connectivity index (χ1v) is 5.32. The van der Waals surface area contributed by atoms with Crippen molar-refractivity contribution in [1.29, 1.82) is 0 Å². The van der Waals surface area contributed by atoms with Gasteiger partial charge in [0.05, 0.1) is 5.92 Å².